The highest BCUT2D eigenvalue weighted by molar-refractivity contribution is 5.95. The molecule has 1 N–H and O–H groups in total. The lowest BCUT2D eigenvalue weighted by molar-refractivity contribution is -0.118. The monoisotopic (exact) mass is 308 g/mol. The van der Waals surface area contributed by atoms with Crippen molar-refractivity contribution in [2.75, 3.05) is 11.4 Å². The van der Waals surface area contributed by atoms with E-state index in [1.54, 1.807) is 12.1 Å². The Morgan fingerprint density at radius 1 is 1.13 bits per heavy atom. The largest absolute Gasteiger partial charge is 0.348 e. The van der Waals surface area contributed by atoms with Gasteiger partial charge in [0, 0.05) is 30.8 Å². The molecule has 2 aromatic rings. The summed E-state index contributed by atoms with van der Waals surface area (Å²) in [6.07, 6.45) is 1.40. The average molecular weight is 308 g/mol. The first-order chi connectivity index (χ1) is 11.2. The molecule has 1 heterocycles. The molecule has 0 aliphatic carbocycles. The lowest BCUT2D eigenvalue weighted by atomic mass is 10.1. The van der Waals surface area contributed by atoms with Gasteiger partial charge in [0.15, 0.2) is 0 Å². The predicted octanol–water partition coefficient (Wildman–Crippen LogP) is 2.92. The summed E-state index contributed by atoms with van der Waals surface area (Å²) in [4.78, 5) is 25.8. The summed E-state index contributed by atoms with van der Waals surface area (Å²) in [6, 6.07) is 15.2. The minimum absolute atomic E-state index is 0.0751. The van der Waals surface area contributed by atoms with Gasteiger partial charge in [-0.25, -0.2) is 0 Å². The van der Waals surface area contributed by atoms with Crippen LogP contribution in [0.4, 0.5) is 5.69 Å². The normalized spacial score (nSPS) is 12.8. The zero-order valence-electron chi connectivity index (χ0n) is 13.2. The Morgan fingerprint density at radius 3 is 2.65 bits per heavy atom. The molecule has 0 fully saturated rings. The number of nitrogens with one attached hydrogen (secondary N) is 1. The molecule has 0 radical (unpaired) electrons. The second-order valence-electron chi connectivity index (χ2n) is 5.66. The van der Waals surface area contributed by atoms with Crippen molar-refractivity contribution in [2.24, 2.45) is 0 Å². The van der Waals surface area contributed by atoms with E-state index in [1.807, 2.05) is 42.2 Å². The lowest BCUT2D eigenvalue weighted by Gasteiger charge is -2.16. The van der Waals surface area contributed by atoms with E-state index < -0.39 is 0 Å². The molecule has 0 aromatic heterocycles. The molecule has 0 atom stereocenters. The fraction of sp³-hybridized carbons (Fsp3) is 0.263. The van der Waals surface area contributed by atoms with Crippen molar-refractivity contribution in [1.82, 2.24) is 5.32 Å². The maximum absolute atomic E-state index is 12.1. The summed E-state index contributed by atoms with van der Waals surface area (Å²) < 4.78 is 0. The van der Waals surface area contributed by atoms with E-state index in [1.165, 1.54) is 5.56 Å². The number of benzene rings is 2. The minimum Gasteiger partial charge on any atom is -0.348 e. The van der Waals surface area contributed by atoms with Gasteiger partial charge in [0.2, 0.25) is 5.91 Å². The maximum atomic E-state index is 12.1. The molecule has 4 nitrogen and oxygen atoms in total. The van der Waals surface area contributed by atoms with Crippen LogP contribution in [0.2, 0.25) is 0 Å². The van der Waals surface area contributed by atoms with E-state index in [0.29, 0.717) is 18.5 Å². The predicted molar refractivity (Wildman–Crippen MR) is 90.4 cm³/mol. The van der Waals surface area contributed by atoms with Gasteiger partial charge in [0.05, 0.1) is 0 Å². The molecule has 3 rings (SSSR count). The molecule has 1 aliphatic rings. The first-order valence-corrected chi connectivity index (χ1v) is 7.94. The van der Waals surface area contributed by atoms with Crippen LogP contribution in [-0.2, 0) is 17.8 Å². The number of amides is 2. The Kier molecular flexibility index (Phi) is 4.42. The van der Waals surface area contributed by atoms with Crippen molar-refractivity contribution in [1.29, 1.82) is 0 Å². The van der Waals surface area contributed by atoms with Gasteiger partial charge in [-0.05, 0) is 35.7 Å². The molecule has 0 bridgehead atoms. The highest BCUT2D eigenvalue weighted by atomic mass is 16.2. The Hall–Kier alpha value is -2.62. The highest BCUT2D eigenvalue weighted by Crippen LogP contribution is 2.29. The molecular formula is C19H20N2O2. The lowest BCUT2D eigenvalue weighted by Crippen LogP contribution is -2.27. The van der Waals surface area contributed by atoms with Crippen LogP contribution >= 0.6 is 0 Å². The molecular weight excluding hydrogens is 288 g/mol. The third-order valence-electron chi connectivity index (χ3n) is 4.13. The fourth-order valence-electron chi connectivity index (χ4n) is 2.89. The highest BCUT2D eigenvalue weighted by Gasteiger charge is 2.23. The SMILES string of the molecule is CCC(=O)N1CCc2cc(CNC(=O)c3ccccc3)ccc21. The number of nitrogens with zero attached hydrogens (tertiary/aromatic N) is 1. The van der Waals surface area contributed by atoms with E-state index in [0.717, 1.165) is 24.2 Å². The van der Waals surface area contributed by atoms with Gasteiger partial charge in [-0.2, -0.15) is 0 Å². The van der Waals surface area contributed by atoms with Crippen LogP contribution in [0.5, 0.6) is 0 Å². The summed E-state index contributed by atoms with van der Waals surface area (Å²) >= 11 is 0. The van der Waals surface area contributed by atoms with Crippen molar-refractivity contribution in [3.8, 4) is 0 Å². The molecule has 23 heavy (non-hydrogen) atoms. The van der Waals surface area contributed by atoms with Crippen LogP contribution in [0, 0.1) is 0 Å². The van der Waals surface area contributed by atoms with Crippen molar-refractivity contribution in [3.05, 3.63) is 65.2 Å². The standard InChI is InChI=1S/C19H20N2O2/c1-2-18(22)21-11-10-16-12-14(8-9-17(16)21)13-20-19(23)15-6-4-3-5-7-15/h3-9,12H,2,10-11,13H2,1H3,(H,20,23). The fourth-order valence-corrected chi connectivity index (χ4v) is 2.89. The number of fused-ring (bicyclic) bond motifs is 1. The minimum atomic E-state index is -0.0751. The Balaban J connectivity index is 1.67. The van der Waals surface area contributed by atoms with E-state index in [4.69, 9.17) is 0 Å². The summed E-state index contributed by atoms with van der Waals surface area (Å²) in [6.45, 7) is 3.12. The summed E-state index contributed by atoms with van der Waals surface area (Å²) in [7, 11) is 0. The van der Waals surface area contributed by atoms with Gasteiger partial charge in [-0.15, -0.1) is 0 Å². The van der Waals surface area contributed by atoms with Crippen LogP contribution in [0.25, 0.3) is 0 Å². The zero-order valence-corrected chi connectivity index (χ0v) is 13.2. The Bertz CT molecular complexity index is 725. The Labute approximate surface area is 136 Å². The van der Waals surface area contributed by atoms with Gasteiger partial charge >= 0.3 is 0 Å². The summed E-state index contributed by atoms with van der Waals surface area (Å²) in [5.41, 5.74) is 3.90. The van der Waals surface area contributed by atoms with Gasteiger partial charge in [0.25, 0.3) is 5.91 Å². The smallest absolute Gasteiger partial charge is 0.251 e. The summed E-state index contributed by atoms with van der Waals surface area (Å²) in [5.74, 6) is 0.0859. The van der Waals surface area contributed by atoms with Crippen LogP contribution in [0.15, 0.2) is 48.5 Å². The van der Waals surface area contributed by atoms with Crippen molar-refractivity contribution < 1.29 is 9.59 Å². The first kappa shape index (κ1) is 15.3. The van der Waals surface area contributed by atoms with Gasteiger partial charge in [-0.1, -0.05) is 37.3 Å². The number of carbonyl (C=O) groups is 2. The van der Waals surface area contributed by atoms with Crippen LogP contribution < -0.4 is 10.2 Å². The van der Waals surface area contributed by atoms with E-state index >= 15 is 0 Å². The molecule has 118 valence electrons. The van der Waals surface area contributed by atoms with Crippen molar-refractivity contribution in [2.45, 2.75) is 26.3 Å². The number of anilines is 1. The third kappa shape index (κ3) is 3.26. The van der Waals surface area contributed by atoms with E-state index in [2.05, 4.69) is 11.4 Å². The van der Waals surface area contributed by atoms with Crippen molar-refractivity contribution in [3.63, 3.8) is 0 Å². The van der Waals surface area contributed by atoms with Gasteiger partial charge in [0.1, 0.15) is 0 Å². The number of hydrogen-bond donors (Lipinski definition) is 1. The molecule has 2 amide bonds. The maximum Gasteiger partial charge on any atom is 0.251 e. The van der Waals surface area contributed by atoms with Crippen LogP contribution in [0.1, 0.15) is 34.8 Å². The third-order valence-corrected chi connectivity index (χ3v) is 4.13. The number of hydrogen-bond acceptors (Lipinski definition) is 2. The van der Waals surface area contributed by atoms with Gasteiger partial charge in [-0.3, -0.25) is 9.59 Å². The first-order valence-electron chi connectivity index (χ1n) is 7.94. The molecule has 4 heteroatoms. The zero-order chi connectivity index (χ0) is 16.2. The average Bonchev–Trinajstić information content (AvgIpc) is 3.03. The summed E-state index contributed by atoms with van der Waals surface area (Å²) in [5, 5.41) is 2.93. The van der Waals surface area contributed by atoms with Crippen molar-refractivity contribution >= 4 is 17.5 Å². The topological polar surface area (TPSA) is 49.4 Å². The van der Waals surface area contributed by atoms with Gasteiger partial charge < -0.3 is 10.2 Å². The second-order valence-corrected chi connectivity index (χ2v) is 5.66. The number of rotatable bonds is 4. The molecule has 0 saturated carbocycles. The second kappa shape index (κ2) is 6.65. The molecule has 2 aromatic carbocycles. The Morgan fingerprint density at radius 2 is 1.91 bits per heavy atom. The molecule has 0 unspecified atom stereocenters. The number of carbonyl (C=O) groups excluding carboxylic acids is 2. The quantitative estimate of drug-likeness (QED) is 0.944. The molecule has 0 spiro atoms. The molecule has 1 aliphatic heterocycles. The van der Waals surface area contributed by atoms with Crippen LogP contribution in [-0.4, -0.2) is 18.4 Å². The molecule has 0 saturated heterocycles. The van der Waals surface area contributed by atoms with E-state index in [-0.39, 0.29) is 11.8 Å². The van der Waals surface area contributed by atoms with E-state index in [9.17, 15) is 9.59 Å². The van der Waals surface area contributed by atoms with Crippen LogP contribution in [0.3, 0.4) is 0 Å².